The molecule has 0 spiro atoms. The lowest BCUT2D eigenvalue weighted by molar-refractivity contribution is -0.209. The lowest BCUT2D eigenvalue weighted by atomic mass is 9.50. The van der Waals surface area contributed by atoms with Gasteiger partial charge in [0.2, 0.25) is 0 Å². The third kappa shape index (κ3) is 1.74. The highest BCUT2D eigenvalue weighted by Crippen LogP contribution is 2.65. The Kier molecular flexibility index (Phi) is 2.92. The van der Waals surface area contributed by atoms with E-state index in [1.165, 1.54) is 32.1 Å². The van der Waals surface area contributed by atoms with Gasteiger partial charge in [0.25, 0.3) is 0 Å². The van der Waals surface area contributed by atoms with Gasteiger partial charge in [-0.25, -0.2) is 0 Å². The maximum absolute atomic E-state index is 13.4. The quantitative estimate of drug-likeness (QED) is 0.419. The number of hydrogen-bond acceptors (Lipinski definition) is 4. The molecule has 28 heavy (non-hydrogen) atoms. The van der Waals surface area contributed by atoms with Gasteiger partial charge >= 0.3 is 5.97 Å². The number of esters is 1. The zero-order chi connectivity index (χ0) is 18.9. The van der Waals surface area contributed by atoms with Crippen LogP contribution in [0, 0.1) is 65.1 Å². The summed E-state index contributed by atoms with van der Waals surface area (Å²) in [6.45, 7) is 2.18. The van der Waals surface area contributed by atoms with Crippen molar-refractivity contribution in [3.8, 4) is 0 Å². The molecule has 7 atom stereocenters. The Hall–Kier alpha value is -1.45. The maximum atomic E-state index is 13.4. The van der Waals surface area contributed by atoms with Crippen molar-refractivity contribution in [3.63, 3.8) is 0 Å². The summed E-state index contributed by atoms with van der Waals surface area (Å²) >= 11 is 0. The lowest BCUT2D eigenvalue weighted by Gasteiger charge is -2.59. The first-order valence-electron chi connectivity index (χ1n) is 11.4. The SMILES string of the molecule is CC1(OC(=O)C2CC3C(=O)C2C2C4C=CC(C4=O)C32)C2CC3CC(C2)CC1C3. The number of ketones is 2. The summed E-state index contributed by atoms with van der Waals surface area (Å²) in [6.07, 6.45) is 10.9. The molecule has 0 radical (unpaired) electrons. The van der Waals surface area contributed by atoms with Crippen LogP contribution >= 0.6 is 0 Å². The average molecular weight is 380 g/mol. The fraction of sp³-hybridized carbons (Fsp3) is 0.792. The number of hydrogen-bond donors (Lipinski definition) is 0. The summed E-state index contributed by atoms with van der Waals surface area (Å²) in [7, 11) is 0. The van der Waals surface area contributed by atoms with Gasteiger partial charge < -0.3 is 4.74 Å². The van der Waals surface area contributed by atoms with Gasteiger partial charge in [0.05, 0.1) is 5.92 Å². The molecule has 148 valence electrons. The first kappa shape index (κ1) is 16.4. The average Bonchev–Trinajstić information content (AvgIpc) is 3.36. The van der Waals surface area contributed by atoms with Crippen LogP contribution < -0.4 is 0 Å². The molecule has 4 heteroatoms. The van der Waals surface area contributed by atoms with E-state index < -0.39 is 0 Å². The predicted molar refractivity (Wildman–Crippen MR) is 99.7 cm³/mol. The van der Waals surface area contributed by atoms with Crippen LogP contribution in [0.4, 0.5) is 0 Å². The summed E-state index contributed by atoms with van der Waals surface area (Å²) in [5.74, 6) is 2.46. The largest absolute Gasteiger partial charge is 0.459 e. The Balaban J connectivity index is 1.16. The van der Waals surface area contributed by atoms with Crippen molar-refractivity contribution >= 4 is 17.5 Å². The highest BCUT2D eigenvalue weighted by molar-refractivity contribution is 6.01. The van der Waals surface area contributed by atoms with E-state index in [2.05, 4.69) is 6.92 Å². The monoisotopic (exact) mass is 380 g/mol. The topological polar surface area (TPSA) is 60.4 Å². The smallest absolute Gasteiger partial charge is 0.310 e. The van der Waals surface area contributed by atoms with Crippen LogP contribution in [0.2, 0.25) is 0 Å². The van der Waals surface area contributed by atoms with Gasteiger partial charge in [-0.15, -0.1) is 0 Å². The number of Topliss-reactive ketones (excluding diaryl/α,β-unsaturated/α-hetero) is 2. The second-order valence-electron chi connectivity index (χ2n) is 11.3. The molecule has 0 aromatic carbocycles. The Morgan fingerprint density at radius 3 is 2.14 bits per heavy atom. The molecule has 7 fully saturated rings. The van der Waals surface area contributed by atoms with Crippen molar-refractivity contribution in [2.24, 2.45) is 65.1 Å². The predicted octanol–water partition coefficient (Wildman–Crippen LogP) is 3.20. The highest BCUT2D eigenvalue weighted by Gasteiger charge is 2.70. The minimum atomic E-state index is -0.334. The molecule has 0 N–H and O–H groups in total. The van der Waals surface area contributed by atoms with E-state index in [1.54, 1.807) is 0 Å². The number of ether oxygens (including phenoxy) is 1. The molecule has 7 unspecified atom stereocenters. The van der Waals surface area contributed by atoms with Gasteiger partial charge in [-0.05, 0) is 81.0 Å². The minimum Gasteiger partial charge on any atom is -0.459 e. The molecule has 0 heterocycles. The van der Waals surface area contributed by atoms with E-state index >= 15 is 0 Å². The third-order valence-electron chi connectivity index (χ3n) is 10.4. The molecular formula is C24H28O4. The molecule has 8 aliphatic rings. The van der Waals surface area contributed by atoms with Gasteiger partial charge in [0.1, 0.15) is 17.2 Å². The van der Waals surface area contributed by atoms with Crippen LogP contribution in [0.15, 0.2) is 12.2 Å². The Bertz CT molecular complexity index is 812. The van der Waals surface area contributed by atoms with Crippen molar-refractivity contribution in [2.45, 2.75) is 51.0 Å². The third-order valence-corrected chi connectivity index (χ3v) is 10.4. The van der Waals surface area contributed by atoms with Crippen LogP contribution in [-0.2, 0) is 19.1 Å². The molecule has 8 rings (SSSR count). The van der Waals surface area contributed by atoms with Crippen LogP contribution in [0.1, 0.15) is 45.4 Å². The molecule has 0 aliphatic heterocycles. The Morgan fingerprint density at radius 1 is 0.893 bits per heavy atom. The van der Waals surface area contributed by atoms with E-state index in [9.17, 15) is 14.4 Å². The van der Waals surface area contributed by atoms with Crippen LogP contribution in [0.3, 0.4) is 0 Å². The second kappa shape index (κ2) is 4.99. The van der Waals surface area contributed by atoms with Crippen molar-refractivity contribution in [3.05, 3.63) is 12.2 Å². The van der Waals surface area contributed by atoms with Crippen LogP contribution in [-0.4, -0.2) is 23.1 Å². The van der Waals surface area contributed by atoms with E-state index in [0.717, 1.165) is 11.8 Å². The lowest BCUT2D eigenvalue weighted by Crippen LogP contribution is -2.58. The van der Waals surface area contributed by atoms with Crippen molar-refractivity contribution in [1.82, 2.24) is 0 Å². The number of carbonyl (C=O) groups is 3. The highest BCUT2D eigenvalue weighted by atomic mass is 16.6. The molecule has 7 saturated carbocycles. The fourth-order valence-electron chi connectivity index (χ4n) is 9.36. The van der Waals surface area contributed by atoms with Crippen LogP contribution in [0.25, 0.3) is 0 Å². The zero-order valence-electron chi connectivity index (χ0n) is 16.4. The van der Waals surface area contributed by atoms with Gasteiger partial charge in [0.15, 0.2) is 0 Å². The number of fused-ring (bicyclic) bond motifs is 9. The summed E-state index contributed by atoms with van der Waals surface area (Å²) in [5.41, 5.74) is -0.334. The molecule has 0 aromatic heterocycles. The molecule has 0 amide bonds. The van der Waals surface area contributed by atoms with Gasteiger partial charge in [-0.3, -0.25) is 14.4 Å². The second-order valence-corrected chi connectivity index (χ2v) is 11.3. The number of allylic oxidation sites excluding steroid dienone is 2. The van der Waals surface area contributed by atoms with Crippen LogP contribution in [0.5, 0.6) is 0 Å². The minimum absolute atomic E-state index is 0.0622. The van der Waals surface area contributed by atoms with Crippen molar-refractivity contribution in [2.75, 3.05) is 0 Å². The molecule has 0 aromatic rings. The maximum Gasteiger partial charge on any atom is 0.310 e. The molecule has 8 aliphatic carbocycles. The van der Waals surface area contributed by atoms with E-state index in [-0.39, 0.29) is 58.8 Å². The van der Waals surface area contributed by atoms with E-state index in [4.69, 9.17) is 4.74 Å². The Morgan fingerprint density at radius 2 is 1.50 bits per heavy atom. The zero-order valence-corrected chi connectivity index (χ0v) is 16.4. The standard InChI is InChI=1S/C24H28O4/c1-24(12-5-10-4-11(7-12)8-13(24)6-10)28-23(27)17-9-16-18-14-2-3-15(21(14)25)19(18)20(17)22(16)26/h2-3,10-20H,4-9H2,1H3. The Labute approximate surface area is 165 Å². The van der Waals surface area contributed by atoms with Gasteiger partial charge in [-0.2, -0.15) is 0 Å². The molecule has 8 bridgehead atoms. The summed E-state index contributed by atoms with van der Waals surface area (Å²) < 4.78 is 6.36. The van der Waals surface area contributed by atoms with Gasteiger partial charge in [-0.1, -0.05) is 12.2 Å². The summed E-state index contributed by atoms with van der Waals surface area (Å²) in [4.78, 5) is 38.9. The number of carbonyl (C=O) groups excluding carboxylic acids is 3. The summed E-state index contributed by atoms with van der Waals surface area (Å²) in [5, 5.41) is 0. The number of rotatable bonds is 2. The van der Waals surface area contributed by atoms with E-state index in [0.29, 0.717) is 24.0 Å². The van der Waals surface area contributed by atoms with Gasteiger partial charge in [0, 0.05) is 23.7 Å². The summed E-state index contributed by atoms with van der Waals surface area (Å²) in [6, 6.07) is 0. The first-order valence-corrected chi connectivity index (χ1v) is 11.4. The normalized spacial score (nSPS) is 59.4. The molecule has 4 nitrogen and oxygen atoms in total. The van der Waals surface area contributed by atoms with Crippen molar-refractivity contribution in [1.29, 1.82) is 0 Å². The fourth-order valence-corrected chi connectivity index (χ4v) is 9.36. The first-order chi connectivity index (χ1) is 13.5. The molecular weight excluding hydrogens is 352 g/mol. The molecule has 0 saturated heterocycles. The van der Waals surface area contributed by atoms with E-state index in [1.807, 2.05) is 12.2 Å². The van der Waals surface area contributed by atoms with Crippen molar-refractivity contribution < 1.29 is 19.1 Å².